The normalized spacial score (nSPS) is 8.86. The number of hydrogen-bond acceptors (Lipinski definition) is 0. The molecule has 0 spiro atoms. The van der Waals surface area contributed by atoms with Crippen LogP contribution in [0.5, 0.6) is 0 Å². The van der Waals surface area contributed by atoms with E-state index in [9.17, 15) is 0 Å². The molecular formula is C14H21. The van der Waals surface area contributed by atoms with Crippen molar-refractivity contribution in [3.05, 3.63) is 6.42 Å². The van der Waals surface area contributed by atoms with Crippen LogP contribution in [-0.4, -0.2) is 0 Å². The molecule has 0 fully saturated rings. The van der Waals surface area contributed by atoms with E-state index in [1.54, 1.807) is 0 Å². The van der Waals surface area contributed by atoms with Crippen molar-refractivity contribution >= 4 is 0 Å². The standard InChI is InChI=1S/C14H21/c1-3-5-7-9-11-13-14-12-10-8-6-4-2/h3,5,7,9-14H2,1H3. The van der Waals surface area contributed by atoms with E-state index in [-0.39, 0.29) is 0 Å². The van der Waals surface area contributed by atoms with Crippen molar-refractivity contribution < 1.29 is 0 Å². The van der Waals surface area contributed by atoms with E-state index in [0.29, 0.717) is 0 Å². The molecule has 1 radical (unpaired) electrons. The molecule has 0 aliphatic carbocycles. The summed E-state index contributed by atoms with van der Waals surface area (Å²) in [4.78, 5) is 0. The summed E-state index contributed by atoms with van der Waals surface area (Å²) >= 11 is 0. The fraction of sp³-hybridized carbons (Fsp3) is 0.714. The molecule has 0 amide bonds. The predicted molar refractivity (Wildman–Crippen MR) is 62.1 cm³/mol. The Morgan fingerprint density at radius 1 is 0.857 bits per heavy atom. The molecule has 0 unspecified atom stereocenters. The summed E-state index contributed by atoms with van der Waals surface area (Å²) in [5, 5.41) is 0. The Hall–Kier alpha value is -0.880. The first kappa shape index (κ1) is 13.1. The van der Waals surface area contributed by atoms with Crippen molar-refractivity contribution in [2.75, 3.05) is 0 Å². The number of hydrogen-bond donors (Lipinski definition) is 0. The second-order valence-electron chi connectivity index (χ2n) is 3.65. The Morgan fingerprint density at radius 2 is 1.43 bits per heavy atom. The maximum atomic E-state index is 6.59. The Morgan fingerprint density at radius 3 is 2.00 bits per heavy atom. The van der Waals surface area contributed by atoms with Crippen LogP contribution in [0, 0.1) is 24.2 Å². The molecule has 0 saturated heterocycles. The summed E-state index contributed by atoms with van der Waals surface area (Å²) in [6.07, 6.45) is 18.2. The van der Waals surface area contributed by atoms with Gasteiger partial charge >= 0.3 is 0 Å². The average molecular weight is 189 g/mol. The number of unbranched alkanes of at least 4 members (excludes halogenated alkanes) is 8. The van der Waals surface area contributed by atoms with Gasteiger partial charge in [0.1, 0.15) is 0 Å². The lowest BCUT2D eigenvalue weighted by molar-refractivity contribution is 0.579. The van der Waals surface area contributed by atoms with Crippen LogP contribution in [0.25, 0.3) is 0 Å². The second kappa shape index (κ2) is 12.1. The van der Waals surface area contributed by atoms with Gasteiger partial charge < -0.3 is 0 Å². The van der Waals surface area contributed by atoms with E-state index in [1.807, 2.05) is 0 Å². The minimum atomic E-state index is 0.931. The summed E-state index contributed by atoms with van der Waals surface area (Å²) in [5.74, 6) is 7.51. The molecular weight excluding hydrogens is 168 g/mol. The summed E-state index contributed by atoms with van der Waals surface area (Å²) in [6, 6.07) is 0. The molecule has 0 nitrogen and oxygen atoms in total. The Labute approximate surface area is 89.5 Å². The highest BCUT2D eigenvalue weighted by Gasteiger charge is 1.89. The van der Waals surface area contributed by atoms with Gasteiger partial charge in [0.15, 0.2) is 0 Å². The van der Waals surface area contributed by atoms with Crippen LogP contribution in [0.2, 0.25) is 0 Å². The summed E-state index contributed by atoms with van der Waals surface area (Å²) in [7, 11) is 0. The predicted octanol–water partition coefficient (Wildman–Crippen LogP) is 4.11. The van der Waals surface area contributed by atoms with Gasteiger partial charge in [0, 0.05) is 6.42 Å². The van der Waals surface area contributed by atoms with Gasteiger partial charge in [0.25, 0.3) is 0 Å². The molecule has 0 heteroatoms. The van der Waals surface area contributed by atoms with E-state index in [2.05, 4.69) is 24.7 Å². The van der Waals surface area contributed by atoms with Gasteiger partial charge in [-0.25, -0.2) is 0 Å². The molecule has 14 heavy (non-hydrogen) atoms. The van der Waals surface area contributed by atoms with Crippen LogP contribution in [0.3, 0.4) is 0 Å². The maximum Gasteiger partial charge on any atom is 0.00989 e. The van der Waals surface area contributed by atoms with Gasteiger partial charge in [-0.1, -0.05) is 57.8 Å². The Bertz CT molecular complexity index is 196. The highest BCUT2D eigenvalue weighted by atomic mass is 14.0. The second-order valence-corrected chi connectivity index (χ2v) is 3.65. The van der Waals surface area contributed by atoms with Crippen LogP contribution in [0.15, 0.2) is 0 Å². The highest BCUT2D eigenvalue weighted by Crippen LogP contribution is 2.08. The van der Waals surface area contributed by atoms with Crippen molar-refractivity contribution in [1.82, 2.24) is 0 Å². The minimum absolute atomic E-state index is 0.931. The first-order valence-corrected chi connectivity index (χ1v) is 5.81. The zero-order chi connectivity index (χ0) is 10.5. The van der Waals surface area contributed by atoms with Crippen LogP contribution in [-0.2, 0) is 0 Å². The molecule has 0 heterocycles. The molecule has 0 aliphatic rings. The zero-order valence-corrected chi connectivity index (χ0v) is 9.36. The molecule has 0 bridgehead atoms. The van der Waals surface area contributed by atoms with Crippen molar-refractivity contribution in [2.24, 2.45) is 0 Å². The average Bonchev–Trinajstić information content (AvgIpc) is 2.21. The Kier molecular flexibility index (Phi) is 11.4. The van der Waals surface area contributed by atoms with Gasteiger partial charge in [-0.2, -0.15) is 0 Å². The topological polar surface area (TPSA) is 0 Å². The first-order valence-electron chi connectivity index (χ1n) is 5.81. The fourth-order valence-electron chi connectivity index (χ4n) is 1.45. The molecule has 0 aromatic carbocycles. The third kappa shape index (κ3) is 11.1. The van der Waals surface area contributed by atoms with Gasteiger partial charge in [-0.3, -0.25) is 0 Å². The third-order valence-corrected chi connectivity index (χ3v) is 2.31. The van der Waals surface area contributed by atoms with Crippen LogP contribution < -0.4 is 0 Å². The van der Waals surface area contributed by atoms with Crippen LogP contribution in [0.4, 0.5) is 0 Å². The van der Waals surface area contributed by atoms with Crippen molar-refractivity contribution in [3.8, 4) is 17.8 Å². The van der Waals surface area contributed by atoms with Gasteiger partial charge in [-0.15, -0.1) is 0 Å². The quantitative estimate of drug-likeness (QED) is 0.398. The molecule has 0 aromatic rings. The zero-order valence-electron chi connectivity index (χ0n) is 9.36. The van der Waals surface area contributed by atoms with Gasteiger partial charge in [0.2, 0.25) is 0 Å². The molecule has 77 valence electrons. The largest absolute Gasteiger partial charge is 0.0891 e. The van der Waals surface area contributed by atoms with Crippen molar-refractivity contribution in [3.63, 3.8) is 0 Å². The van der Waals surface area contributed by atoms with E-state index < -0.39 is 0 Å². The van der Waals surface area contributed by atoms with Crippen LogP contribution >= 0.6 is 0 Å². The van der Waals surface area contributed by atoms with Gasteiger partial charge in [0.05, 0.1) is 0 Å². The summed E-state index contributed by atoms with van der Waals surface area (Å²) in [5.41, 5.74) is 0. The minimum Gasteiger partial charge on any atom is -0.0891 e. The monoisotopic (exact) mass is 189 g/mol. The Balaban J connectivity index is 2.96. The van der Waals surface area contributed by atoms with Gasteiger partial charge in [-0.05, 0) is 24.7 Å². The lowest BCUT2D eigenvalue weighted by Crippen LogP contribution is -1.79. The fourth-order valence-corrected chi connectivity index (χ4v) is 1.45. The molecule has 0 N–H and O–H groups in total. The third-order valence-electron chi connectivity index (χ3n) is 2.31. The van der Waals surface area contributed by atoms with E-state index in [0.717, 1.165) is 6.42 Å². The number of rotatable bonds is 8. The summed E-state index contributed by atoms with van der Waals surface area (Å²) in [6.45, 7) is 2.25. The van der Waals surface area contributed by atoms with E-state index >= 15 is 0 Å². The highest BCUT2D eigenvalue weighted by molar-refractivity contribution is 5.18. The first-order chi connectivity index (χ1) is 6.91. The molecule has 0 atom stereocenters. The van der Waals surface area contributed by atoms with Crippen molar-refractivity contribution in [2.45, 2.75) is 64.7 Å². The smallest absolute Gasteiger partial charge is 0.00989 e. The molecule has 0 aromatic heterocycles. The maximum absolute atomic E-state index is 6.59. The lowest BCUT2D eigenvalue weighted by atomic mass is 10.1. The molecule has 0 aliphatic heterocycles. The summed E-state index contributed by atoms with van der Waals surface area (Å²) < 4.78 is 0. The lowest BCUT2D eigenvalue weighted by Gasteiger charge is -1.98. The van der Waals surface area contributed by atoms with E-state index in [4.69, 9.17) is 6.42 Å². The molecule has 0 saturated carbocycles. The van der Waals surface area contributed by atoms with E-state index in [1.165, 1.54) is 51.4 Å². The SMILES string of the molecule is [C]#CC#CCCCCCCCCCC. The molecule has 0 rings (SSSR count). The van der Waals surface area contributed by atoms with Crippen LogP contribution in [0.1, 0.15) is 64.7 Å². The van der Waals surface area contributed by atoms with Crippen molar-refractivity contribution in [1.29, 1.82) is 0 Å².